The first kappa shape index (κ1) is 18.1. The van der Waals surface area contributed by atoms with Gasteiger partial charge in [0.1, 0.15) is 13.2 Å². The summed E-state index contributed by atoms with van der Waals surface area (Å²) in [7, 11) is 0. The zero-order valence-corrected chi connectivity index (χ0v) is 12.3. The number of hydrogen-bond acceptors (Lipinski definition) is 8. The van der Waals surface area contributed by atoms with Gasteiger partial charge >= 0.3 is 6.16 Å². The predicted octanol–water partition coefficient (Wildman–Crippen LogP) is 0.236. The lowest BCUT2D eigenvalue weighted by atomic mass is 10.6. The van der Waals surface area contributed by atoms with E-state index in [9.17, 15) is 4.79 Å². The van der Waals surface area contributed by atoms with E-state index >= 15 is 0 Å². The van der Waals surface area contributed by atoms with E-state index in [-0.39, 0.29) is 13.2 Å². The average molecular weight is 308 g/mol. The van der Waals surface area contributed by atoms with Crippen molar-refractivity contribution in [1.82, 2.24) is 0 Å². The molecule has 8 nitrogen and oxygen atoms in total. The zero-order chi connectivity index (χ0) is 15.0. The Bertz CT molecular complexity index is 226. The summed E-state index contributed by atoms with van der Waals surface area (Å²) < 4.78 is 35.9. The second kappa shape index (κ2) is 14.0. The van der Waals surface area contributed by atoms with Gasteiger partial charge in [-0.05, 0) is 0 Å². The van der Waals surface area contributed by atoms with Crippen LogP contribution in [0.4, 0.5) is 4.79 Å². The smallest absolute Gasteiger partial charge is 0.432 e. The normalized spacial score (nSPS) is 22.8. The van der Waals surface area contributed by atoms with Gasteiger partial charge in [-0.2, -0.15) is 0 Å². The molecule has 0 atom stereocenters. The van der Waals surface area contributed by atoms with E-state index in [0.29, 0.717) is 66.1 Å². The molecular weight excluding hydrogens is 284 g/mol. The van der Waals surface area contributed by atoms with Gasteiger partial charge in [0, 0.05) is 0 Å². The van der Waals surface area contributed by atoms with E-state index in [1.54, 1.807) is 0 Å². The van der Waals surface area contributed by atoms with E-state index in [4.69, 9.17) is 33.2 Å². The molecule has 0 amide bonds. The topological polar surface area (TPSA) is 81.7 Å². The molecule has 0 spiro atoms. The molecule has 0 aromatic heterocycles. The Morgan fingerprint density at radius 1 is 0.429 bits per heavy atom. The molecule has 0 aromatic carbocycles. The number of cyclic esters (lactones) is 2. The third kappa shape index (κ3) is 12.5. The maximum atomic E-state index is 11.1. The lowest BCUT2D eigenvalue weighted by Gasteiger charge is -2.09. The summed E-state index contributed by atoms with van der Waals surface area (Å²) >= 11 is 0. The number of rotatable bonds is 0. The monoisotopic (exact) mass is 308 g/mol. The molecule has 21 heavy (non-hydrogen) atoms. The molecule has 1 fully saturated rings. The second-order valence-electron chi connectivity index (χ2n) is 4.01. The summed E-state index contributed by atoms with van der Waals surface area (Å²) in [5.74, 6) is 0. The van der Waals surface area contributed by atoms with Crippen LogP contribution in [-0.2, 0) is 33.2 Å². The van der Waals surface area contributed by atoms with E-state index in [2.05, 4.69) is 0 Å². The molecule has 8 heteroatoms. The van der Waals surface area contributed by atoms with E-state index in [1.165, 1.54) is 0 Å². The van der Waals surface area contributed by atoms with Crippen molar-refractivity contribution in [2.24, 2.45) is 0 Å². The van der Waals surface area contributed by atoms with Crippen LogP contribution >= 0.6 is 0 Å². The fraction of sp³-hybridized carbons (Fsp3) is 0.923. The van der Waals surface area contributed by atoms with Gasteiger partial charge in [0.25, 0.3) is 0 Å². The lowest BCUT2D eigenvalue weighted by Crippen LogP contribution is -2.18. The van der Waals surface area contributed by atoms with Gasteiger partial charge in [0.05, 0.1) is 66.1 Å². The van der Waals surface area contributed by atoms with Crippen molar-refractivity contribution >= 4 is 6.16 Å². The van der Waals surface area contributed by atoms with Crippen LogP contribution in [0.5, 0.6) is 0 Å². The Balaban J connectivity index is 2.09. The van der Waals surface area contributed by atoms with Crippen LogP contribution in [0.2, 0.25) is 0 Å². The number of ether oxygens (including phenoxy) is 7. The van der Waals surface area contributed by atoms with E-state index < -0.39 is 6.16 Å². The first-order valence-corrected chi connectivity index (χ1v) is 7.08. The number of carbonyl (C=O) groups excluding carboxylic acids is 1. The van der Waals surface area contributed by atoms with Crippen LogP contribution in [0.3, 0.4) is 0 Å². The van der Waals surface area contributed by atoms with Gasteiger partial charge in [-0.25, -0.2) is 4.79 Å². The van der Waals surface area contributed by atoms with Crippen molar-refractivity contribution < 1.29 is 38.0 Å². The maximum Gasteiger partial charge on any atom is 0.508 e. The summed E-state index contributed by atoms with van der Waals surface area (Å²) in [6.45, 7) is 4.81. The highest BCUT2D eigenvalue weighted by molar-refractivity contribution is 5.59. The minimum atomic E-state index is -0.721. The molecule has 1 aliphatic rings. The minimum Gasteiger partial charge on any atom is -0.432 e. The molecule has 0 aliphatic carbocycles. The first-order chi connectivity index (χ1) is 10.4. The predicted molar refractivity (Wildman–Crippen MR) is 71.4 cm³/mol. The highest BCUT2D eigenvalue weighted by Gasteiger charge is 2.03. The van der Waals surface area contributed by atoms with Gasteiger partial charge in [0.15, 0.2) is 0 Å². The molecule has 0 N–H and O–H groups in total. The van der Waals surface area contributed by atoms with Crippen LogP contribution in [0.15, 0.2) is 0 Å². The Kier molecular flexibility index (Phi) is 12.1. The Morgan fingerprint density at radius 2 is 0.667 bits per heavy atom. The molecule has 1 heterocycles. The molecule has 0 aromatic rings. The molecule has 1 aliphatic heterocycles. The molecule has 0 unspecified atom stereocenters. The SMILES string of the molecule is O=C1OCCOCCOCCOCCOCCOCCO1. The van der Waals surface area contributed by atoms with Crippen molar-refractivity contribution in [3.8, 4) is 0 Å². The van der Waals surface area contributed by atoms with Crippen LogP contribution < -0.4 is 0 Å². The van der Waals surface area contributed by atoms with Crippen molar-refractivity contribution in [3.63, 3.8) is 0 Å². The lowest BCUT2D eigenvalue weighted by molar-refractivity contribution is -0.0275. The summed E-state index contributed by atoms with van der Waals surface area (Å²) in [5.41, 5.74) is 0. The van der Waals surface area contributed by atoms with Gasteiger partial charge in [-0.15, -0.1) is 0 Å². The molecule has 1 rings (SSSR count). The first-order valence-electron chi connectivity index (χ1n) is 7.08. The fourth-order valence-electron chi connectivity index (χ4n) is 1.39. The Hall–Kier alpha value is -0.930. The van der Waals surface area contributed by atoms with Crippen molar-refractivity contribution in [1.29, 1.82) is 0 Å². The molecular formula is C13H24O8. The van der Waals surface area contributed by atoms with Crippen LogP contribution in [0, 0.1) is 0 Å². The molecule has 1 saturated heterocycles. The van der Waals surface area contributed by atoms with Crippen molar-refractivity contribution in [2.45, 2.75) is 0 Å². The average Bonchev–Trinajstić information content (AvgIpc) is 2.48. The molecule has 0 bridgehead atoms. The highest BCUT2D eigenvalue weighted by Crippen LogP contribution is 1.89. The zero-order valence-electron chi connectivity index (χ0n) is 12.3. The summed E-state index contributed by atoms with van der Waals surface area (Å²) in [5, 5.41) is 0. The van der Waals surface area contributed by atoms with Crippen LogP contribution in [-0.4, -0.2) is 85.4 Å². The highest BCUT2D eigenvalue weighted by atomic mass is 16.7. The summed E-state index contributed by atoms with van der Waals surface area (Å²) in [6.07, 6.45) is -0.721. The Labute approximate surface area is 124 Å². The minimum absolute atomic E-state index is 0.149. The summed E-state index contributed by atoms with van der Waals surface area (Å²) in [6, 6.07) is 0. The van der Waals surface area contributed by atoms with Gasteiger partial charge in [-0.1, -0.05) is 0 Å². The standard InChI is InChI=1S/C13H24O8/c14-13-20-11-9-18-7-5-16-3-1-15-2-4-17-6-8-19-10-12-21-13/h1-12H2. The van der Waals surface area contributed by atoms with Gasteiger partial charge < -0.3 is 33.2 Å². The van der Waals surface area contributed by atoms with Crippen LogP contribution in [0.25, 0.3) is 0 Å². The van der Waals surface area contributed by atoms with Gasteiger partial charge in [-0.3, -0.25) is 0 Å². The third-order valence-corrected chi connectivity index (χ3v) is 2.38. The molecule has 0 radical (unpaired) electrons. The number of carbonyl (C=O) groups is 1. The number of hydrogen-bond donors (Lipinski definition) is 0. The quantitative estimate of drug-likeness (QED) is 0.589. The van der Waals surface area contributed by atoms with E-state index in [0.717, 1.165) is 0 Å². The fourth-order valence-corrected chi connectivity index (χ4v) is 1.39. The molecule has 0 saturated carbocycles. The third-order valence-electron chi connectivity index (χ3n) is 2.38. The van der Waals surface area contributed by atoms with Crippen molar-refractivity contribution in [3.05, 3.63) is 0 Å². The van der Waals surface area contributed by atoms with Gasteiger partial charge in [0.2, 0.25) is 0 Å². The largest absolute Gasteiger partial charge is 0.508 e. The maximum absolute atomic E-state index is 11.1. The van der Waals surface area contributed by atoms with E-state index in [1.807, 2.05) is 0 Å². The Morgan fingerprint density at radius 3 is 0.952 bits per heavy atom. The van der Waals surface area contributed by atoms with Crippen LogP contribution in [0.1, 0.15) is 0 Å². The van der Waals surface area contributed by atoms with Crippen molar-refractivity contribution in [2.75, 3.05) is 79.3 Å². The molecule has 124 valence electrons. The summed E-state index contributed by atoms with van der Waals surface area (Å²) in [4.78, 5) is 11.1. The second-order valence-corrected chi connectivity index (χ2v) is 4.01.